The summed E-state index contributed by atoms with van der Waals surface area (Å²) in [6.07, 6.45) is 4.18. The van der Waals surface area contributed by atoms with Crippen LogP contribution >= 0.6 is 24.8 Å². The van der Waals surface area contributed by atoms with Crippen LogP contribution in [0.3, 0.4) is 0 Å². The summed E-state index contributed by atoms with van der Waals surface area (Å²) in [6, 6.07) is 4.51. The first kappa shape index (κ1) is 20.1. The fraction of sp³-hybridized carbons (Fsp3) is 0.571. The number of nitrogens with one attached hydrogen (secondary N) is 1. The Morgan fingerprint density at radius 2 is 2.19 bits per heavy atom. The summed E-state index contributed by atoms with van der Waals surface area (Å²) in [5.74, 6) is -0.0619. The lowest BCUT2D eigenvalue weighted by Crippen LogP contribution is -2.41. The number of hydrogen-bond donors (Lipinski definition) is 2. The van der Waals surface area contributed by atoms with E-state index in [0.717, 1.165) is 5.69 Å². The Balaban J connectivity index is 0.00000200. The Morgan fingerprint density at radius 3 is 2.76 bits per heavy atom. The zero-order valence-corrected chi connectivity index (χ0v) is 14.0. The van der Waals surface area contributed by atoms with Crippen molar-refractivity contribution in [3.63, 3.8) is 0 Å². The zero-order chi connectivity index (χ0) is 13.8. The number of rotatable bonds is 6. The van der Waals surface area contributed by atoms with Gasteiger partial charge in [-0.3, -0.25) is 14.7 Å². The van der Waals surface area contributed by atoms with Crippen molar-refractivity contribution in [3.8, 4) is 0 Å². The largest absolute Gasteiger partial charge is 0.350 e. The van der Waals surface area contributed by atoms with E-state index in [1.807, 2.05) is 0 Å². The minimum Gasteiger partial charge on any atom is -0.350 e. The SMILES string of the molecule is CC(CNC(=O)c1ccnc(CN)c1)N(C)C1CC1.Cl.Cl. The van der Waals surface area contributed by atoms with Gasteiger partial charge in [0.15, 0.2) is 0 Å². The van der Waals surface area contributed by atoms with E-state index in [1.54, 1.807) is 18.3 Å². The predicted octanol–water partition coefficient (Wildman–Crippen LogP) is 1.60. The van der Waals surface area contributed by atoms with Crippen LogP contribution in [0, 0.1) is 0 Å². The topological polar surface area (TPSA) is 71.2 Å². The van der Waals surface area contributed by atoms with Crippen LogP contribution in [0.1, 0.15) is 35.8 Å². The standard InChI is InChI=1S/C14H22N4O.2ClH/c1-10(18(2)13-3-4-13)9-17-14(19)11-5-6-16-12(7-11)8-15;;/h5-7,10,13H,3-4,8-9,15H2,1-2H3,(H,17,19);2*1H. The van der Waals surface area contributed by atoms with E-state index >= 15 is 0 Å². The molecule has 0 bridgehead atoms. The highest BCUT2D eigenvalue weighted by Crippen LogP contribution is 2.26. The molecule has 120 valence electrons. The van der Waals surface area contributed by atoms with E-state index in [0.29, 0.717) is 30.7 Å². The summed E-state index contributed by atoms with van der Waals surface area (Å²) >= 11 is 0. The first-order valence-corrected chi connectivity index (χ1v) is 6.77. The number of pyridine rings is 1. The highest BCUT2D eigenvalue weighted by molar-refractivity contribution is 5.94. The van der Waals surface area contributed by atoms with Gasteiger partial charge in [0.05, 0.1) is 5.69 Å². The molecule has 1 saturated carbocycles. The molecule has 1 aliphatic rings. The highest BCUT2D eigenvalue weighted by atomic mass is 35.5. The van der Waals surface area contributed by atoms with Gasteiger partial charge in [0.2, 0.25) is 0 Å². The van der Waals surface area contributed by atoms with Crippen LogP contribution in [0.15, 0.2) is 18.3 Å². The van der Waals surface area contributed by atoms with Crippen molar-refractivity contribution in [2.24, 2.45) is 5.73 Å². The third-order valence-corrected chi connectivity index (χ3v) is 3.66. The molecule has 5 nitrogen and oxygen atoms in total. The first-order valence-electron chi connectivity index (χ1n) is 6.77. The number of nitrogens with two attached hydrogens (primary N) is 1. The second-order valence-electron chi connectivity index (χ2n) is 5.20. The Hall–Kier alpha value is -0.880. The number of halogens is 2. The fourth-order valence-corrected chi connectivity index (χ4v) is 2.06. The van der Waals surface area contributed by atoms with Crippen LogP contribution in [0.5, 0.6) is 0 Å². The van der Waals surface area contributed by atoms with Gasteiger partial charge in [-0.25, -0.2) is 0 Å². The van der Waals surface area contributed by atoms with Gasteiger partial charge in [0, 0.05) is 36.9 Å². The number of hydrogen-bond acceptors (Lipinski definition) is 4. The maximum absolute atomic E-state index is 12.0. The van der Waals surface area contributed by atoms with E-state index in [-0.39, 0.29) is 30.7 Å². The van der Waals surface area contributed by atoms with Gasteiger partial charge in [-0.15, -0.1) is 24.8 Å². The van der Waals surface area contributed by atoms with E-state index in [9.17, 15) is 4.79 Å². The van der Waals surface area contributed by atoms with E-state index in [4.69, 9.17) is 5.73 Å². The van der Waals surface area contributed by atoms with E-state index in [1.165, 1.54) is 12.8 Å². The highest BCUT2D eigenvalue weighted by Gasteiger charge is 2.29. The molecule has 1 heterocycles. The number of amides is 1. The third-order valence-electron chi connectivity index (χ3n) is 3.66. The Kier molecular flexibility index (Phi) is 8.82. The quantitative estimate of drug-likeness (QED) is 0.828. The molecule has 1 unspecified atom stereocenters. The molecule has 2 rings (SSSR count). The molecular formula is C14H24Cl2N4O. The zero-order valence-electron chi connectivity index (χ0n) is 12.4. The molecule has 1 atom stereocenters. The van der Waals surface area contributed by atoms with E-state index in [2.05, 4.69) is 29.2 Å². The summed E-state index contributed by atoms with van der Waals surface area (Å²) in [5, 5.41) is 2.96. The minimum absolute atomic E-state index is 0. The maximum Gasteiger partial charge on any atom is 0.251 e. The van der Waals surface area contributed by atoms with Gasteiger partial charge in [-0.2, -0.15) is 0 Å². The number of carbonyl (C=O) groups excluding carboxylic acids is 1. The molecule has 7 heteroatoms. The molecule has 0 aromatic carbocycles. The third kappa shape index (κ3) is 5.79. The van der Waals surface area contributed by atoms with Crippen molar-refractivity contribution in [1.29, 1.82) is 0 Å². The predicted molar refractivity (Wildman–Crippen MR) is 89.2 cm³/mol. The smallest absolute Gasteiger partial charge is 0.251 e. The molecule has 0 aliphatic heterocycles. The van der Waals surface area contributed by atoms with Crippen LogP contribution in [0.4, 0.5) is 0 Å². The second kappa shape index (κ2) is 9.20. The molecule has 1 aliphatic carbocycles. The molecule has 0 saturated heterocycles. The Bertz CT molecular complexity index is 454. The maximum atomic E-state index is 12.0. The fourth-order valence-electron chi connectivity index (χ4n) is 2.06. The molecule has 1 aromatic rings. The number of nitrogens with zero attached hydrogens (tertiary/aromatic N) is 2. The van der Waals surface area contributed by atoms with Crippen LogP contribution in [-0.4, -0.2) is 41.5 Å². The van der Waals surface area contributed by atoms with Crippen LogP contribution in [0.25, 0.3) is 0 Å². The second-order valence-corrected chi connectivity index (χ2v) is 5.20. The molecule has 1 amide bonds. The minimum atomic E-state index is -0.0619. The van der Waals surface area contributed by atoms with Crippen molar-refractivity contribution < 1.29 is 4.79 Å². The van der Waals surface area contributed by atoms with Crippen molar-refractivity contribution in [2.45, 2.75) is 38.4 Å². The lowest BCUT2D eigenvalue weighted by atomic mass is 10.2. The molecule has 3 N–H and O–H groups in total. The molecule has 21 heavy (non-hydrogen) atoms. The van der Waals surface area contributed by atoms with Crippen LogP contribution < -0.4 is 11.1 Å². The average molecular weight is 335 g/mol. The average Bonchev–Trinajstić information content (AvgIpc) is 3.28. The van der Waals surface area contributed by atoms with Gasteiger partial charge in [0.25, 0.3) is 5.91 Å². The molecule has 0 radical (unpaired) electrons. The molecule has 0 spiro atoms. The lowest BCUT2D eigenvalue weighted by Gasteiger charge is -2.24. The van der Waals surface area contributed by atoms with Crippen LogP contribution in [-0.2, 0) is 6.54 Å². The van der Waals surface area contributed by atoms with Crippen molar-refractivity contribution in [2.75, 3.05) is 13.6 Å². The number of aromatic nitrogens is 1. The summed E-state index contributed by atoms with van der Waals surface area (Å²) in [7, 11) is 2.12. The Morgan fingerprint density at radius 1 is 1.52 bits per heavy atom. The monoisotopic (exact) mass is 334 g/mol. The van der Waals surface area contributed by atoms with Crippen LogP contribution in [0.2, 0.25) is 0 Å². The molecule has 1 fully saturated rings. The molecular weight excluding hydrogens is 311 g/mol. The van der Waals surface area contributed by atoms with Crippen molar-refractivity contribution in [3.05, 3.63) is 29.6 Å². The van der Waals surface area contributed by atoms with Gasteiger partial charge < -0.3 is 11.1 Å². The molecule has 1 aromatic heterocycles. The Labute approximate surface area is 138 Å². The number of likely N-dealkylation sites (N-methyl/N-ethyl adjacent to an activating group) is 1. The van der Waals surface area contributed by atoms with Gasteiger partial charge in [0.1, 0.15) is 0 Å². The van der Waals surface area contributed by atoms with Gasteiger partial charge in [-0.05, 0) is 38.9 Å². The summed E-state index contributed by atoms with van der Waals surface area (Å²) in [4.78, 5) is 18.4. The first-order chi connectivity index (χ1) is 9.11. The summed E-state index contributed by atoms with van der Waals surface area (Å²) < 4.78 is 0. The van der Waals surface area contributed by atoms with Crippen molar-refractivity contribution >= 4 is 30.7 Å². The lowest BCUT2D eigenvalue weighted by molar-refractivity contribution is 0.0939. The summed E-state index contributed by atoms with van der Waals surface area (Å²) in [6.45, 7) is 3.14. The normalized spacial score (nSPS) is 14.9. The summed E-state index contributed by atoms with van der Waals surface area (Å²) in [5.41, 5.74) is 6.87. The van der Waals surface area contributed by atoms with Gasteiger partial charge >= 0.3 is 0 Å². The number of carbonyl (C=O) groups is 1. The van der Waals surface area contributed by atoms with E-state index < -0.39 is 0 Å². The van der Waals surface area contributed by atoms with Gasteiger partial charge in [-0.1, -0.05) is 0 Å². The van der Waals surface area contributed by atoms with Crippen molar-refractivity contribution in [1.82, 2.24) is 15.2 Å².